The van der Waals surface area contributed by atoms with Gasteiger partial charge >= 0.3 is 0 Å². The Morgan fingerprint density at radius 2 is 1.42 bits per heavy atom. The third kappa shape index (κ3) is 3.78. The molecule has 0 aliphatic heterocycles. The van der Waals surface area contributed by atoms with Crippen LogP contribution in [0.1, 0.15) is 37.5 Å². The molecule has 0 unspecified atom stereocenters. The highest BCUT2D eigenvalue weighted by Gasteiger charge is 2.12. The molecule has 2 rings (SSSR count). The molecule has 2 aromatic rings. The van der Waals surface area contributed by atoms with Crippen molar-refractivity contribution < 1.29 is 0 Å². The standard InChI is InChI=1S/C18H21N/c1-14-5-11-17(12-6-14)19-13-15-7-9-16(10-8-15)18(2,3)4/h5-13H,1-4H3. The molecule has 0 radical (unpaired) electrons. The quantitative estimate of drug-likeness (QED) is 0.663. The van der Waals surface area contributed by atoms with Crippen molar-refractivity contribution in [2.75, 3.05) is 0 Å². The monoisotopic (exact) mass is 251 g/mol. The lowest BCUT2D eigenvalue weighted by Crippen LogP contribution is -2.10. The Hall–Kier alpha value is -1.89. The molecule has 0 amide bonds. The van der Waals surface area contributed by atoms with Gasteiger partial charge in [-0.25, -0.2) is 0 Å². The van der Waals surface area contributed by atoms with E-state index in [4.69, 9.17) is 0 Å². The van der Waals surface area contributed by atoms with Gasteiger partial charge in [-0.05, 0) is 35.6 Å². The molecule has 0 fully saturated rings. The lowest BCUT2D eigenvalue weighted by atomic mass is 9.87. The van der Waals surface area contributed by atoms with Gasteiger partial charge in [-0.3, -0.25) is 4.99 Å². The molecule has 19 heavy (non-hydrogen) atoms. The normalized spacial score (nSPS) is 12.0. The van der Waals surface area contributed by atoms with Crippen molar-refractivity contribution in [2.24, 2.45) is 4.99 Å². The van der Waals surface area contributed by atoms with Crippen LogP contribution >= 0.6 is 0 Å². The summed E-state index contributed by atoms with van der Waals surface area (Å²) in [6, 6.07) is 16.8. The van der Waals surface area contributed by atoms with E-state index in [-0.39, 0.29) is 5.41 Å². The van der Waals surface area contributed by atoms with E-state index in [1.807, 2.05) is 18.3 Å². The SMILES string of the molecule is Cc1ccc(N=Cc2ccc(C(C)(C)C)cc2)cc1. The second-order valence-corrected chi connectivity index (χ2v) is 5.97. The van der Waals surface area contributed by atoms with Crippen molar-refractivity contribution in [3.63, 3.8) is 0 Å². The smallest absolute Gasteiger partial charge is 0.0630 e. The summed E-state index contributed by atoms with van der Waals surface area (Å²) in [4.78, 5) is 4.48. The fourth-order valence-electron chi connectivity index (χ4n) is 1.85. The summed E-state index contributed by atoms with van der Waals surface area (Å²) < 4.78 is 0. The second-order valence-electron chi connectivity index (χ2n) is 5.97. The summed E-state index contributed by atoms with van der Waals surface area (Å²) in [6.07, 6.45) is 1.91. The fourth-order valence-corrected chi connectivity index (χ4v) is 1.85. The highest BCUT2D eigenvalue weighted by Crippen LogP contribution is 2.22. The molecule has 1 nitrogen and oxygen atoms in total. The number of rotatable bonds is 2. The van der Waals surface area contributed by atoms with Gasteiger partial charge in [0.2, 0.25) is 0 Å². The van der Waals surface area contributed by atoms with Gasteiger partial charge in [-0.15, -0.1) is 0 Å². The van der Waals surface area contributed by atoms with Crippen LogP contribution in [0.2, 0.25) is 0 Å². The molecule has 0 atom stereocenters. The van der Waals surface area contributed by atoms with E-state index in [0.29, 0.717) is 0 Å². The number of aryl methyl sites for hydroxylation is 1. The van der Waals surface area contributed by atoms with E-state index >= 15 is 0 Å². The van der Waals surface area contributed by atoms with Gasteiger partial charge < -0.3 is 0 Å². The van der Waals surface area contributed by atoms with Gasteiger partial charge in [0.05, 0.1) is 5.69 Å². The molecule has 0 heterocycles. The Morgan fingerprint density at radius 3 is 1.95 bits per heavy atom. The van der Waals surface area contributed by atoms with E-state index in [0.717, 1.165) is 11.3 Å². The lowest BCUT2D eigenvalue weighted by molar-refractivity contribution is 0.590. The number of nitrogens with zero attached hydrogens (tertiary/aromatic N) is 1. The first-order valence-corrected chi connectivity index (χ1v) is 6.66. The first-order chi connectivity index (χ1) is 8.95. The molecular weight excluding hydrogens is 230 g/mol. The van der Waals surface area contributed by atoms with E-state index in [1.165, 1.54) is 11.1 Å². The van der Waals surface area contributed by atoms with Crippen molar-refractivity contribution in [3.8, 4) is 0 Å². The predicted octanol–water partition coefficient (Wildman–Crippen LogP) is 5.04. The zero-order valence-corrected chi connectivity index (χ0v) is 12.1. The van der Waals surface area contributed by atoms with Crippen molar-refractivity contribution in [1.29, 1.82) is 0 Å². The molecule has 0 saturated carbocycles. The summed E-state index contributed by atoms with van der Waals surface area (Å²) in [5.74, 6) is 0. The highest BCUT2D eigenvalue weighted by molar-refractivity contribution is 5.82. The molecule has 0 spiro atoms. The van der Waals surface area contributed by atoms with E-state index < -0.39 is 0 Å². The summed E-state index contributed by atoms with van der Waals surface area (Å²) in [7, 11) is 0. The number of aliphatic imine (C=N–C) groups is 1. The topological polar surface area (TPSA) is 12.4 Å². The van der Waals surface area contributed by atoms with E-state index in [9.17, 15) is 0 Å². The predicted molar refractivity (Wildman–Crippen MR) is 83.6 cm³/mol. The molecule has 0 N–H and O–H groups in total. The largest absolute Gasteiger partial charge is 0.256 e. The first-order valence-electron chi connectivity index (χ1n) is 6.66. The molecular formula is C18H21N. The van der Waals surface area contributed by atoms with Gasteiger partial charge in [0.1, 0.15) is 0 Å². The van der Waals surface area contributed by atoms with Crippen LogP contribution in [0, 0.1) is 6.92 Å². The van der Waals surface area contributed by atoms with Crippen LogP contribution in [-0.2, 0) is 5.41 Å². The maximum absolute atomic E-state index is 4.48. The number of hydrogen-bond acceptors (Lipinski definition) is 1. The van der Waals surface area contributed by atoms with Crippen molar-refractivity contribution in [1.82, 2.24) is 0 Å². The van der Waals surface area contributed by atoms with Gasteiger partial charge in [0.25, 0.3) is 0 Å². The third-order valence-corrected chi connectivity index (χ3v) is 3.17. The van der Waals surface area contributed by atoms with Crippen LogP contribution in [0.3, 0.4) is 0 Å². The van der Waals surface area contributed by atoms with Crippen LogP contribution in [0.5, 0.6) is 0 Å². The minimum absolute atomic E-state index is 0.201. The molecule has 0 bridgehead atoms. The Morgan fingerprint density at radius 1 is 0.842 bits per heavy atom. The lowest BCUT2D eigenvalue weighted by Gasteiger charge is -2.18. The molecule has 1 heteroatoms. The fraction of sp³-hybridized carbons (Fsp3) is 0.278. The van der Waals surface area contributed by atoms with Crippen LogP contribution < -0.4 is 0 Å². The highest BCUT2D eigenvalue weighted by atomic mass is 14.7. The summed E-state index contributed by atoms with van der Waals surface area (Å²) in [6.45, 7) is 8.76. The van der Waals surface area contributed by atoms with E-state index in [2.05, 4.69) is 69.1 Å². The Labute approximate surface area is 116 Å². The van der Waals surface area contributed by atoms with Crippen LogP contribution in [0.25, 0.3) is 0 Å². The third-order valence-electron chi connectivity index (χ3n) is 3.17. The van der Waals surface area contributed by atoms with Crippen LogP contribution in [0.4, 0.5) is 5.69 Å². The molecule has 0 saturated heterocycles. The van der Waals surface area contributed by atoms with Gasteiger partial charge in [0, 0.05) is 6.21 Å². The Kier molecular flexibility index (Phi) is 3.84. The molecule has 2 aromatic carbocycles. The van der Waals surface area contributed by atoms with Crippen LogP contribution in [-0.4, -0.2) is 6.21 Å². The first kappa shape index (κ1) is 13.5. The maximum atomic E-state index is 4.48. The molecule has 0 aliphatic carbocycles. The maximum Gasteiger partial charge on any atom is 0.0630 e. The summed E-state index contributed by atoms with van der Waals surface area (Å²) in [5, 5.41) is 0. The number of benzene rings is 2. The zero-order valence-electron chi connectivity index (χ0n) is 12.1. The van der Waals surface area contributed by atoms with Crippen molar-refractivity contribution in [3.05, 3.63) is 65.2 Å². The minimum atomic E-state index is 0.201. The Bertz CT molecular complexity index is 554. The average molecular weight is 251 g/mol. The van der Waals surface area contributed by atoms with Crippen molar-refractivity contribution >= 4 is 11.9 Å². The second kappa shape index (κ2) is 5.40. The molecule has 98 valence electrons. The molecule has 0 aliphatic rings. The zero-order chi connectivity index (χ0) is 13.9. The van der Waals surface area contributed by atoms with Crippen molar-refractivity contribution in [2.45, 2.75) is 33.1 Å². The minimum Gasteiger partial charge on any atom is -0.256 e. The Balaban J connectivity index is 2.13. The van der Waals surface area contributed by atoms with Gasteiger partial charge in [-0.1, -0.05) is 62.7 Å². The summed E-state index contributed by atoms with van der Waals surface area (Å²) in [5.41, 5.74) is 4.93. The van der Waals surface area contributed by atoms with E-state index in [1.54, 1.807) is 0 Å². The van der Waals surface area contributed by atoms with Gasteiger partial charge in [0.15, 0.2) is 0 Å². The average Bonchev–Trinajstić information content (AvgIpc) is 2.37. The summed E-state index contributed by atoms with van der Waals surface area (Å²) >= 11 is 0. The van der Waals surface area contributed by atoms with Crippen LogP contribution in [0.15, 0.2) is 53.5 Å². The van der Waals surface area contributed by atoms with Gasteiger partial charge in [-0.2, -0.15) is 0 Å². The number of hydrogen-bond donors (Lipinski definition) is 0. The molecule has 0 aromatic heterocycles.